The third kappa shape index (κ3) is 4.65. The monoisotopic (exact) mass is 423 g/mol. The van der Waals surface area contributed by atoms with E-state index in [1.165, 1.54) is 0 Å². The highest BCUT2D eigenvalue weighted by Crippen LogP contribution is 2.19. The van der Waals surface area contributed by atoms with Crippen LogP contribution in [0, 0.1) is 0 Å². The second-order valence-corrected chi connectivity index (χ2v) is 7.00. The number of ether oxygens (including phenoxy) is 1. The van der Waals surface area contributed by atoms with Crippen molar-refractivity contribution in [2.75, 3.05) is 12.4 Å². The molecule has 0 atom stereocenters. The standard InChI is InChI=1S/C26H21N3O3/c1-32-21-15-13-19(14-16-21)25(30)28-24-12-5-4-11-23(24)26(31)29-27-17-20-9-6-8-18-7-2-3-10-22(18)20/h2-17H,1H3,(H,28,30)(H,29,31)/b27-17+. The molecule has 0 fully saturated rings. The fourth-order valence-corrected chi connectivity index (χ4v) is 3.31. The molecule has 4 aromatic carbocycles. The number of nitrogens with zero attached hydrogens (tertiary/aromatic N) is 1. The minimum Gasteiger partial charge on any atom is -0.497 e. The maximum Gasteiger partial charge on any atom is 0.273 e. The molecular weight excluding hydrogens is 402 g/mol. The first kappa shape index (κ1) is 20.8. The summed E-state index contributed by atoms with van der Waals surface area (Å²) in [5.74, 6) is -0.0929. The van der Waals surface area contributed by atoms with Crippen molar-refractivity contribution in [2.24, 2.45) is 5.10 Å². The normalized spacial score (nSPS) is 10.8. The van der Waals surface area contributed by atoms with Crippen LogP contribution in [0.15, 0.2) is 96.1 Å². The molecule has 0 saturated heterocycles. The van der Waals surface area contributed by atoms with Crippen LogP contribution in [-0.2, 0) is 0 Å². The lowest BCUT2D eigenvalue weighted by Gasteiger charge is -2.10. The first-order valence-electron chi connectivity index (χ1n) is 10.0. The number of fused-ring (bicyclic) bond motifs is 1. The molecule has 2 amide bonds. The maximum atomic E-state index is 12.7. The fraction of sp³-hybridized carbons (Fsp3) is 0.0385. The van der Waals surface area contributed by atoms with Crippen molar-refractivity contribution in [3.05, 3.63) is 108 Å². The van der Waals surface area contributed by atoms with Gasteiger partial charge in [-0.25, -0.2) is 5.43 Å². The van der Waals surface area contributed by atoms with Gasteiger partial charge in [-0.3, -0.25) is 9.59 Å². The van der Waals surface area contributed by atoms with Gasteiger partial charge in [0.2, 0.25) is 0 Å². The smallest absolute Gasteiger partial charge is 0.273 e. The molecule has 0 spiro atoms. The van der Waals surface area contributed by atoms with Gasteiger partial charge in [-0.1, -0.05) is 54.6 Å². The average Bonchev–Trinajstić information content (AvgIpc) is 2.84. The number of anilines is 1. The molecule has 6 nitrogen and oxygen atoms in total. The number of para-hydroxylation sites is 1. The number of methoxy groups -OCH3 is 1. The number of carbonyl (C=O) groups is 2. The van der Waals surface area contributed by atoms with Gasteiger partial charge in [-0.2, -0.15) is 5.10 Å². The van der Waals surface area contributed by atoms with Crippen LogP contribution < -0.4 is 15.5 Å². The minimum atomic E-state index is -0.424. The van der Waals surface area contributed by atoms with E-state index in [0.29, 0.717) is 22.6 Å². The summed E-state index contributed by atoms with van der Waals surface area (Å²) in [7, 11) is 1.56. The van der Waals surface area contributed by atoms with Crippen LogP contribution in [0.25, 0.3) is 10.8 Å². The molecule has 0 aliphatic heterocycles. The lowest BCUT2D eigenvalue weighted by molar-refractivity contribution is 0.0956. The van der Waals surface area contributed by atoms with Gasteiger partial charge in [0.15, 0.2) is 0 Å². The predicted molar refractivity (Wildman–Crippen MR) is 126 cm³/mol. The van der Waals surface area contributed by atoms with E-state index in [0.717, 1.165) is 16.3 Å². The van der Waals surface area contributed by atoms with Crippen molar-refractivity contribution in [1.29, 1.82) is 0 Å². The van der Waals surface area contributed by atoms with Crippen molar-refractivity contribution < 1.29 is 14.3 Å². The molecule has 6 heteroatoms. The summed E-state index contributed by atoms with van der Waals surface area (Å²) >= 11 is 0. The van der Waals surface area contributed by atoms with E-state index in [4.69, 9.17) is 4.74 Å². The Bertz CT molecular complexity index is 1290. The maximum absolute atomic E-state index is 12.7. The van der Waals surface area contributed by atoms with E-state index >= 15 is 0 Å². The summed E-state index contributed by atoms with van der Waals surface area (Å²) < 4.78 is 5.11. The van der Waals surface area contributed by atoms with E-state index in [9.17, 15) is 9.59 Å². The van der Waals surface area contributed by atoms with Crippen LogP contribution >= 0.6 is 0 Å². The van der Waals surface area contributed by atoms with Crippen molar-refractivity contribution in [3.8, 4) is 5.75 Å². The van der Waals surface area contributed by atoms with E-state index in [2.05, 4.69) is 15.8 Å². The zero-order valence-corrected chi connectivity index (χ0v) is 17.4. The first-order chi connectivity index (χ1) is 15.7. The van der Waals surface area contributed by atoms with Gasteiger partial charge >= 0.3 is 0 Å². The molecule has 4 aromatic rings. The van der Waals surface area contributed by atoms with Crippen molar-refractivity contribution in [3.63, 3.8) is 0 Å². The highest BCUT2D eigenvalue weighted by Gasteiger charge is 2.14. The van der Waals surface area contributed by atoms with E-state index < -0.39 is 5.91 Å². The third-order valence-corrected chi connectivity index (χ3v) is 4.97. The molecule has 0 aliphatic carbocycles. The molecule has 158 valence electrons. The van der Waals surface area contributed by atoms with Gasteiger partial charge in [-0.05, 0) is 47.2 Å². The van der Waals surface area contributed by atoms with Gasteiger partial charge in [0.25, 0.3) is 11.8 Å². The highest BCUT2D eigenvalue weighted by molar-refractivity contribution is 6.09. The van der Waals surface area contributed by atoms with Crippen LogP contribution in [0.4, 0.5) is 5.69 Å². The van der Waals surface area contributed by atoms with Crippen LogP contribution in [0.2, 0.25) is 0 Å². The van der Waals surface area contributed by atoms with Crippen LogP contribution in [0.1, 0.15) is 26.3 Å². The summed E-state index contributed by atoms with van der Waals surface area (Å²) in [6.07, 6.45) is 1.61. The molecule has 0 bridgehead atoms. The SMILES string of the molecule is COc1ccc(C(=O)Nc2ccccc2C(=O)N/N=C/c2cccc3ccccc23)cc1. The van der Waals surface area contributed by atoms with E-state index in [1.54, 1.807) is 61.9 Å². The van der Waals surface area contributed by atoms with Gasteiger partial charge in [-0.15, -0.1) is 0 Å². The minimum absolute atomic E-state index is 0.310. The Morgan fingerprint density at radius 2 is 1.53 bits per heavy atom. The number of rotatable bonds is 6. The highest BCUT2D eigenvalue weighted by atomic mass is 16.5. The van der Waals surface area contributed by atoms with Crippen LogP contribution in [0.3, 0.4) is 0 Å². The van der Waals surface area contributed by atoms with Crippen molar-refractivity contribution in [2.45, 2.75) is 0 Å². The van der Waals surface area contributed by atoms with Gasteiger partial charge in [0, 0.05) is 11.1 Å². The van der Waals surface area contributed by atoms with Crippen LogP contribution in [0.5, 0.6) is 5.75 Å². The molecule has 0 aliphatic rings. The number of amides is 2. The molecule has 0 radical (unpaired) electrons. The van der Waals surface area contributed by atoms with E-state index in [-0.39, 0.29) is 5.91 Å². The number of hydrogen-bond donors (Lipinski definition) is 2. The Morgan fingerprint density at radius 3 is 2.34 bits per heavy atom. The molecule has 2 N–H and O–H groups in total. The largest absolute Gasteiger partial charge is 0.497 e. The Kier molecular flexibility index (Phi) is 6.22. The lowest BCUT2D eigenvalue weighted by Crippen LogP contribution is -2.21. The number of hydrazone groups is 1. The first-order valence-corrected chi connectivity index (χ1v) is 10.0. The summed E-state index contributed by atoms with van der Waals surface area (Å²) in [6.45, 7) is 0. The molecule has 0 saturated carbocycles. The number of nitrogens with one attached hydrogen (secondary N) is 2. The molecular formula is C26H21N3O3. The summed E-state index contributed by atoms with van der Waals surface area (Å²) in [5, 5.41) is 9.03. The quantitative estimate of drug-likeness (QED) is 0.343. The van der Waals surface area contributed by atoms with Gasteiger partial charge < -0.3 is 10.1 Å². The molecule has 0 aromatic heterocycles. The summed E-state index contributed by atoms with van der Waals surface area (Å²) in [5.41, 5.74) is 4.59. The average molecular weight is 423 g/mol. The molecule has 0 heterocycles. The molecule has 32 heavy (non-hydrogen) atoms. The Morgan fingerprint density at radius 1 is 0.812 bits per heavy atom. The van der Waals surface area contributed by atoms with Gasteiger partial charge in [0.05, 0.1) is 24.6 Å². The third-order valence-electron chi connectivity index (χ3n) is 4.97. The topological polar surface area (TPSA) is 79.8 Å². The van der Waals surface area contributed by atoms with Crippen molar-refractivity contribution >= 4 is 34.5 Å². The number of hydrogen-bond acceptors (Lipinski definition) is 4. The van der Waals surface area contributed by atoms with E-state index in [1.807, 2.05) is 42.5 Å². The zero-order valence-electron chi connectivity index (χ0n) is 17.4. The second kappa shape index (κ2) is 9.57. The summed E-state index contributed by atoms with van der Waals surface area (Å²) in [6, 6.07) is 27.4. The zero-order chi connectivity index (χ0) is 22.3. The summed E-state index contributed by atoms with van der Waals surface area (Å²) in [4.78, 5) is 25.3. The predicted octanol–water partition coefficient (Wildman–Crippen LogP) is 4.86. The Balaban J connectivity index is 1.48. The Hall–Kier alpha value is -4.45. The Labute approximate surface area is 185 Å². The number of carbonyl (C=O) groups excluding carboxylic acids is 2. The molecule has 4 rings (SSSR count). The van der Waals surface area contributed by atoms with Gasteiger partial charge in [0.1, 0.15) is 5.75 Å². The second-order valence-electron chi connectivity index (χ2n) is 7.00. The number of benzene rings is 4. The lowest BCUT2D eigenvalue weighted by atomic mass is 10.1. The fourth-order valence-electron chi connectivity index (χ4n) is 3.31. The molecule has 0 unspecified atom stereocenters. The van der Waals surface area contributed by atoms with Crippen molar-refractivity contribution in [1.82, 2.24) is 5.43 Å². The van der Waals surface area contributed by atoms with Crippen LogP contribution in [-0.4, -0.2) is 25.1 Å².